The summed E-state index contributed by atoms with van der Waals surface area (Å²) >= 11 is 0. The number of hydrogen-bond donors (Lipinski definition) is 3. The maximum absolute atomic E-state index is 12.6. The first-order valence-electron chi connectivity index (χ1n) is 12.2. The van der Waals surface area contributed by atoms with E-state index in [1.165, 1.54) is 19.3 Å². The summed E-state index contributed by atoms with van der Waals surface area (Å²) in [5.41, 5.74) is 1.98. The first-order valence-corrected chi connectivity index (χ1v) is 12.2. The standard InChI is InChI=1S/C25H41N5O.HI/c1-4-26-25(29-22-13-15-30(16-14-22)19(2)3)27-18-20-9-8-12-23(17-20)28-24(31)21-10-6-5-7-11-21;/h8-9,12,17,19,21-22H,4-7,10-11,13-16,18H2,1-3H3,(H,28,31)(H2,26,27,29);1H. The van der Waals surface area contributed by atoms with Crippen molar-refractivity contribution in [3.63, 3.8) is 0 Å². The minimum Gasteiger partial charge on any atom is -0.357 e. The van der Waals surface area contributed by atoms with E-state index in [2.05, 4.69) is 53.8 Å². The Bertz CT molecular complexity index is 725. The molecule has 6 nitrogen and oxygen atoms in total. The minimum absolute atomic E-state index is 0. The lowest BCUT2D eigenvalue weighted by molar-refractivity contribution is -0.120. The molecule has 1 aliphatic heterocycles. The summed E-state index contributed by atoms with van der Waals surface area (Å²) in [5, 5.41) is 10.1. The Hall–Kier alpha value is -1.35. The quantitative estimate of drug-likeness (QED) is 0.258. The molecule has 0 unspecified atom stereocenters. The average molecular weight is 556 g/mol. The van der Waals surface area contributed by atoms with Crippen LogP contribution in [0.15, 0.2) is 29.3 Å². The summed E-state index contributed by atoms with van der Waals surface area (Å²) < 4.78 is 0. The summed E-state index contributed by atoms with van der Waals surface area (Å²) in [6, 6.07) is 9.19. The number of halogens is 1. The lowest BCUT2D eigenvalue weighted by atomic mass is 9.88. The number of nitrogens with one attached hydrogen (secondary N) is 3. The van der Waals surface area contributed by atoms with Crippen molar-refractivity contribution in [1.82, 2.24) is 15.5 Å². The maximum Gasteiger partial charge on any atom is 0.227 e. The molecule has 1 amide bonds. The van der Waals surface area contributed by atoms with Gasteiger partial charge >= 0.3 is 0 Å². The summed E-state index contributed by atoms with van der Waals surface area (Å²) in [6.45, 7) is 10.3. The highest BCUT2D eigenvalue weighted by Gasteiger charge is 2.22. The fourth-order valence-corrected chi connectivity index (χ4v) is 4.60. The number of carbonyl (C=O) groups excluding carboxylic acids is 1. The van der Waals surface area contributed by atoms with Crippen LogP contribution in [-0.2, 0) is 11.3 Å². The van der Waals surface area contributed by atoms with Gasteiger partial charge in [0, 0.05) is 43.3 Å². The van der Waals surface area contributed by atoms with Crippen molar-refractivity contribution in [1.29, 1.82) is 0 Å². The van der Waals surface area contributed by atoms with Crippen molar-refractivity contribution in [3.8, 4) is 0 Å². The van der Waals surface area contributed by atoms with Crippen LogP contribution in [0.1, 0.15) is 71.3 Å². The van der Waals surface area contributed by atoms with Gasteiger partial charge in [-0.1, -0.05) is 31.4 Å². The summed E-state index contributed by atoms with van der Waals surface area (Å²) in [5.74, 6) is 1.22. The number of aliphatic imine (C=N–C) groups is 1. The molecular weight excluding hydrogens is 513 g/mol. The van der Waals surface area contributed by atoms with E-state index in [0.717, 1.165) is 62.5 Å². The van der Waals surface area contributed by atoms with E-state index in [9.17, 15) is 4.79 Å². The average Bonchev–Trinajstić information content (AvgIpc) is 2.79. The summed E-state index contributed by atoms with van der Waals surface area (Å²) in [6.07, 6.45) is 7.92. The summed E-state index contributed by atoms with van der Waals surface area (Å²) in [4.78, 5) is 19.9. The molecule has 0 spiro atoms. The smallest absolute Gasteiger partial charge is 0.227 e. The van der Waals surface area contributed by atoms with E-state index >= 15 is 0 Å². The van der Waals surface area contributed by atoms with Gasteiger partial charge in [0.2, 0.25) is 5.91 Å². The van der Waals surface area contributed by atoms with Crippen molar-refractivity contribution in [3.05, 3.63) is 29.8 Å². The largest absolute Gasteiger partial charge is 0.357 e. The fraction of sp³-hybridized carbons (Fsp3) is 0.680. The molecule has 0 aromatic heterocycles. The molecule has 1 saturated heterocycles. The number of likely N-dealkylation sites (tertiary alicyclic amines) is 1. The van der Waals surface area contributed by atoms with Crippen LogP contribution in [-0.4, -0.2) is 48.5 Å². The molecule has 7 heteroatoms. The molecule has 1 aliphatic carbocycles. The summed E-state index contributed by atoms with van der Waals surface area (Å²) in [7, 11) is 0. The van der Waals surface area contributed by atoms with Gasteiger partial charge in [0.05, 0.1) is 6.54 Å². The van der Waals surface area contributed by atoms with E-state index in [4.69, 9.17) is 4.99 Å². The van der Waals surface area contributed by atoms with Crippen molar-refractivity contribution in [2.75, 3.05) is 25.0 Å². The molecule has 0 atom stereocenters. The number of carbonyl (C=O) groups is 1. The van der Waals surface area contributed by atoms with Gasteiger partial charge in [0.25, 0.3) is 0 Å². The number of anilines is 1. The molecule has 1 saturated carbocycles. The van der Waals surface area contributed by atoms with E-state index in [-0.39, 0.29) is 35.8 Å². The number of amides is 1. The lowest BCUT2D eigenvalue weighted by Gasteiger charge is -2.35. The zero-order chi connectivity index (χ0) is 22.1. The van der Waals surface area contributed by atoms with Crippen LogP contribution in [0, 0.1) is 5.92 Å². The van der Waals surface area contributed by atoms with Gasteiger partial charge in [-0.3, -0.25) is 4.79 Å². The molecule has 0 radical (unpaired) electrons. The van der Waals surface area contributed by atoms with Gasteiger partial charge in [-0.25, -0.2) is 4.99 Å². The van der Waals surface area contributed by atoms with E-state index in [1.54, 1.807) is 0 Å². The zero-order valence-corrected chi connectivity index (χ0v) is 22.4. The molecule has 1 heterocycles. The maximum atomic E-state index is 12.6. The van der Waals surface area contributed by atoms with E-state index in [0.29, 0.717) is 18.6 Å². The molecule has 0 bridgehead atoms. The van der Waals surface area contributed by atoms with Crippen LogP contribution in [0.4, 0.5) is 5.69 Å². The Kier molecular flexibility index (Phi) is 11.8. The molecule has 1 aromatic carbocycles. The zero-order valence-electron chi connectivity index (χ0n) is 20.0. The minimum atomic E-state index is 0. The second kappa shape index (κ2) is 14.0. The van der Waals surface area contributed by atoms with Crippen molar-refractivity contribution >= 4 is 41.5 Å². The van der Waals surface area contributed by atoms with Crippen LogP contribution in [0.25, 0.3) is 0 Å². The fourth-order valence-electron chi connectivity index (χ4n) is 4.60. The third-order valence-corrected chi connectivity index (χ3v) is 6.54. The van der Waals surface area contributed by atoms with Crippen molar-refractivity contribution < 1.29 is 4.79 Å². The second-order valence-electron chi connectivity index (χ2n) is 9.27. The normalized spacial score (nSPS) is 18.8. The van der Waals surface area contributed by atoms with E-state index in [1.807, 2.05) is 12.1 Å². The van der Waals surface area contributed by atoms with Gasteiger partial charge in [-0.05, 0) is 64.2 Å². The van der Waals surface area contributed by atoms with Crippen LogP contribution in [0.5, 0.6) is 0 Å². The highest BCUT2D eigenvalue weighted by Crippen LogP contribution is 2.25. The second-order valence-corrected chi connectivity index (χ2v) is 9.27. The molecule has 2 aliphatic rings. The van der Waals surface area contributed by atoms with Gasteiger partial charge in [0.1, 0.15) is 0 Å². The molecule has 1 aromatic rings. The Balaban J connectivity index is 0.00000363. The van der Waals surface area contributed by atoms with Crippen molar-refractivity contribution in [2.24, 2.45) is 10.9 Å². The number of piperidine rings is 1. The number of rotatable bonds is 7. The Morgan fingerprint density at radius 1 is 1.12 bits per heavy atom. The third-order valence-electron chi connectivity index (χ3n) is 6.54. The first kappa shape index (κ1) is 26.9. The topological polar surface area (TPSA) is 68.8 Å². The van der Waals surface area contributed by atoms with Crippen LogP contribution in [0.2, 0.25) is 0 Å². The highest BCUT2D eigenvalue weighted by molar-refractivity contribution is 14.0. The first-order chi connectivity index (χ1) is 15.0. The SMILES string of the molecule is CCNC(=NCc1cccc(NC(=O)C2CCCCC2)c1)NC1CCN(C(C)C)CC1.I. The number of hydrogen-bond acceptors (Lipinski definition) is 3. The number of nitrogens with zero attached hydrogens (tertiary/aromatic N) is 2. The number of benzene rings is 1. The molecule has 3 rings (SSSR count). The molecule has 180 valence electrons. The van der Waals surface area contributed by atoms with Crippen molar-refractivity contribution in [2.45, 2.75) is 84.3 Å². The Morgan fingerprint density at radius 3 is 2.50 bits per heavy atom. The Morgan fingerprint density at radius 2 is 1.84 bits per heavy atom. The predicted molar refractivity (Wildman–Crippen MR) is 145 cm³/mol. The van der Waals surface area contributed by atoms with Gasteiger partial charge in [-0.15, -0.1) is 24.0 Å². The van der Waals surface area contributed by atoms with Gasteiger partial charge in [-0.2, -0.15) is 0 Å². The van der Waals surface area contributed by atoms with Crippen LogP contribution in [0.3, 0.4) is 0 Å². The molecule has 32 heavy (non-hydrogen) atoms. The Labute approximate surface area is 211 Å². The predicted octanol–water partition coefficient (Wildman–Crippen LogP) is 4.75. The lowest BCUT2D eigenvalue weighted by Crippen LogP contribution is -2.49. The van der Waals surface area contributed by atoms with Crippen LogP contribution >= 0.6 is 24.0 Å². The van der Waals surface area contributed by atoms with Crippen LogP contribution < -0.4 is 16.0 Å². The van der Waals surface area contributed by atoms with Gasteiger partial charge < -0.3 is 20.9 Å². The van der Waals surface area contributed by atoms with E-state index < -0.39 is 0 Å². The molecular formula is C25H42IN5O. The molecule has 3 N–H and O–H groups in total. The molecule has 2 fully saturated rings. The van der Waals surface area contributed by atoms with Gasteiger partial charge in [0.15, 0.2) is 5.96 Å². The highest BCUT2D eigenvalue weighted by atomic mass is 127. The number of guanidine groups is 1. The monoisotopic (exact) mass is 555 g/mol. The third kappa shape index (κ3) is 8.54.